The molecule has 1 aliphatic rings. The molecular weight excluding hydrogens is 338 g/mol. The molecule has 4 nitrogen and oxygen atoms in total. The van der Waals surface area contributed by atoms with Gasteiger partial charge in [0, 0.05) is 29.5 Å². The van der Waals surface area contributed by atoms with E-state index in [1.165, 1.54) is 16.0 Å². The van der Waals surface area contributed by atoms with Gasteiger partial charge in [0.2, 0.25) is 0 Å². The van der Waals surface area contributed by atoms with Crippen molar-refractivity contribution in [2.75, 3.05) is 13.1 Å². The van der Waals surface area contributed by atoms with Gasteiger partial charge in [0.1, 0.15) is 17.9 Å². The number of aromatic hydroxyl groups is 1. The molecule has 0 amide bonds. The summed E-state index contributed by atoms with van der Waals surface area (Å²) >= 11 is 0. The number of aryl methyl sites for hydroxylation is 1. The van der Waals surface area contributed by atoms with Crippen LogP contribution in [0.3, 0.4) is 0 Å². The molecule has 1 atom stereocenters. The minimum Gasteiger partial charge on any atom is -0.508 e. The van der Waals surface area contributed by atoms with Gasteiger partial charge < -0.3 is 14.4 Å². The normalized spacial score (nSPS) is 17.1. The fourth-order valence-electron chi connectivity index (χ4n) is 3.86. The topological polar surface area (TPSA) is 54.9 Å². The van der Waals surface area contributed by atoms with Crippen LogP contribution >= 0.6 is 0 Å². The van der Waals surface area contributed by atoms with Crippen LogP contribution in [0.1, 0.15) is 30.0 Å². The Morgan fingerprint density at radius 1 is 1.11 bits per heavy atom. The maximum absolute atomic E-state index is 12.0. The second-order valence-corrected chi connectivity index (χ2v) is 7.15. The second-order valence-electron chi connectivity index (χ2n) is 7.15. The lowest BCUT2D eigenvalue weighted by atomic mass is 9.99. The zero-order chi connectivity index (χ0) is 18.8. The molecule has 0 spiro atoms. The summed E-state index contributed by atoms with van der Waals surface area (Å²) in [4.78, 5) is 13.4. The van der Waals surface area contributed by atoms with Gasteiger partial charge >= 0.3 is 5.63 Å². The van der Waals surface area contributed by atoms with Crippen molar-refractivity contribution in [3.63, 3.8) is 0 Å². The highest BCUT2D eigenvalue weighted by Gasteiger charge is 2.19. The van der Waals surface area contributed by atoms with Crippen LogP contribution in [0, 0.1) is 0 Å². The molecule has 3 aromatic rings. The molecule has 0 saturated heterocycles. The van der Waals surface area contributed by atoms with Crippen molar-refractivity contribution in [2.24, 2.45) is 0 Å². The first-order chi connectivity index (χ1) is 13.1. The van der Waals surface area contributed by atoms with E-state index < -0.39 is 0 Å². The van der Waals surface area contributed by atoms with E-state index in [2.05, 4.69) is 30.3 Å². The molecule has 0 aliphatic carbocycles. The predicted octanol–water partition coefficient (Wildman–Crippen LogP) is 2.93. The van der Waals surface area contributed by atoms with Crippen molar-refractivity contribution in [1.29, 1.82) is 0 Å². The molecule has 0 fully saturated rings. The van der Waals surface area contributed by atoms with Crippen LogP contribution < -0.4 is 10.5 Å². The zero-order valence-electron chi connectivity index (χ0n) is 15.5. The molecule has 1 aliphatic heterocycles. The summed E-state index contributed by atoms with van der Waals surface area (Å²) in [6, 6.07) is 15.6. The minimum atomic E-state index is -0.363. The van der Waals surface area contributed by atoms with Crippen molar-refractivity contribution in [1.82, 2.24) is 0 Å². The van der Waals surface area contributed by atoms with Crippen LogP contribution in [-0.2, 0) is 13.0 Å². The molecule has 2 heterocycles. The highest BCUT2D eigenvalue weighted by Crippen LogP contribution is 2.27. The van der Waals surface area contributed by atoms with Gasteiger partial charge in [-0.15, -0.1) is 0 Å². The van der Waals surface area contributed by atoms with E-state index in [0.717, 1.165) is 49.0 Å². The maximum atomic E-state index is 12.0. The van der Waals surface area contributed by atoms with Crippen molar-refractivity contribution >= 4 is 16.5 Å². The van der Waals surface area contributed by atoms with Gasteiger partial charge in [-0.2, -0.15) is 0 Å². The van der Waals surface area contributed by atoms with Crippen LogP contribution in [0.2, 0.25) is 0 Å². The molecule has 2 N–H and O–H groups in total. The number of fused-ring (bicyclic) bond motifs is 1. The summed E-state index contributed by atoms with van der Waals surface area (Å²) in [7, 11) is 0. The SMILES string of the molecule is CCc1cc2c(C[NH+]3CC=C(c4ccccc4)CC3)cc(=O)oc2cc1O. The van der Waals surface area contributed by atoms with E-state index in [-0.39, 0.29) is 11.4 Å². The first-order valence-electron chi connectivity index (χ1n) is 9.50. The van der Waals surface area contributed by atoms with E-state index in [1.807, 2.05) is 19.1 Å². The highest BCUT2D eigenvalue weighted by molar-refractivity contribution is 5.82. The van der Waals surface area contributed by atoms with Gasteiger partial charge in [-0.1, -0.05) is 37.3 Å². The van der Waals surface area contributed by atoms with Crippen molar-refractivity contribution in [3.8, 4) is 5.75 Å². The van der Waals surface area contributed by atoms with Gasteiger partial charge in [-0.3, -0.25) is 0 Å². The Morgan fingerprint density at radius 2 is 1.93 bits per heavy atom. The van der Waals surface area contributed by atoms with Crippen LogP contribution in [0.4, 0.5) is 0 Å². The lowest BCUT2D eigenvalue weighted by molar-refractivity contribution is -0.908. The molecule has 0 bridgehead atoms. The molecular formula is C23H24NO3+. The quantitative estimate of drug-likeness (QED) is 0.702. The number of quaternary nitrogens is 1. The van der Waals surface area contributed by atoms with Gasteiger partial charge in [0.15, 0.2) is 0 Å². The van der Waals surface area contributed by atoms with Crippen LogP contribution in [0.25, 0.3) is 16.5 Å². The number of hydrogen-bond donors (Lipinski definition) is 2. The third kappa shape index (κ3) is 3.67. The van der Waals surface area contributed by atoms with E-state index in [9.17, 15) is 9.90 Å². The second kappa shape index (κ2) is 7.41. The number of phenols is 1. The summed E-state index contributed by atoms with van der Waals surface area (Å²) in [6.07, 6.45) is 4.07. The summed E-state index contributed by atoms with van der Waals surface area (Å²) in [5, 5.41) is 11.0. The molecule has 27 heavy (non-hydrogen) atoms. The number of benzene rings is 2. The zero-order valence-corrected chi connectivity index (χ0v) is 15.5. The first kappa shape index (κ1) is 17.6. The third-order valence-electron chi connectivity index (χ3n) is 5.38. The number of nitrogens with one attached hydrogen (secondary N) is 1. The Labute approximate surface area is 158 Å². The maximum Gasteiger partial charge on any atom is 0.336 e. The molecule has 4 heteroatoms. The molecule has 1 aromatic heterocycles. The monoisotopic (exact) mass is 362 g/mol. The van der Waals surface area contributed by atoms with E-state index in [1.54, 1.807) is 12.1 Å². The molecule has 2 aromatic carbocycles. The Morgan fingerprint density at radius 3 is 2.63 bits per heavy atom. The minimum absolute atomic E-state index is 0.186. The summed E-state index contributed by atoms with van der Waals surface area (Å²) in [5.41, 5.74) is 4.66. The van der Waals surface area contributed by atoms with Gasteiger partial charge in [-0.25, -0.2) is 4.79 Å². The van der Waals surface area contributed by atoms with Crippen LogP contribution in [-0.4, -0.2) is 18.2 Å². The van der Waals surface area contributed by atoms with Crippen molar-refractivity contribution in [2.45, 2.75) is 26.3 Å². The number of phenolic OH excluding ortho intramolecular Hbond substituents is 1. The fraction of sp³-hybridized carbons (Fsp3) is 0.261. The van der Waals surface area contributed by atoms with Crippen LogP contribution in [0.15, 0.2) is 63.8 Å². The summed E-state index contributed by atoms with van der Waals surface area (Å²) < 4.78 is 5.31. The molecule has 1 unspecified atom stereocenters. The summed E-state index contributed by atoms with van der Waals surface area (Å²) in [5.74, 6) is 0.186. The van der Waals surface area contributed by atoms with Crippen molar-refractivity contribution < 1.29 is 14.4 Å². The fourth-order valence-corrected chi connectivity index (χ4v) is 3.86. The van der Waals surface area contributed by atoms with E-state index >= 15 is 0 Å². The molecule has 0 radical (unpaired) electrons. The Bertz CT molecular complexity index is 1050. The van der Waals surface area contributed by atoms with Gasteiger partial charge in [0.05, 0.1) is 13.1 Å². The van der Waals surface area contributed by atoms with E-state index in [4.69, 9.17) is 4.42 Å². The lowest BCUT2D eigenvalue weighted by Gasteiger charge is -2.24. The Kier molecular flexibility index (Phi) is 4.82. The lowest BCUT2D eigenvalue weighted by Crippen LogP contribution is -3.11. The largest absolute Gasteiger partial charge is 0.508 e. The average molecular weight is 362 g/mol. The Balaban J connectivity index is 1.61. The van der Waals surface area contributed by atoms with E-state index in [0.29, 0.717) is 5.58 Å². The first-order valence-corrected chi connectivity index (χ1v) is 9.50. The number of rotatable bonds is 4. The highest BCUT2D eigenvalue weighted by atomic mass is 16.4. The predicted molar refractivity (Wildman–Crippen MR) is 107 cm³/mol. The van der Waals surface area contributed by atoms with Crippen molar-refractivity contribution in [3.05, 3.63) is 81.7 Å². The third-order valence-corrected chi connectivity index (χ3v) is 5.38. The molecule has 4 rings (SSSR count). The van der Waals surface area contributed by atoms with Crippen LogP contribution in [0.5, 0.6) is 5.75 Å². The molecule has 138 valence electrons. The number of hydrogen-bond acceptors (Lipinski definition) is 3. The van der Waals surface area contributed by atoms with Gasteiger partial charge in [0.25, 0.3) is 0 Å². The Hall–Kier alpha value is -2.85. The molecule has 0 saturated carbocycles. The standard InChI is InChI=1S/C23H23NO3/c1-2-16-12-20-19(13-23(26)27-22(20)14-21(16)25)15-24-10-8-18(9-11-24)17-6-4-3-5-7-17/h3-8,12-14,25H,2,9-11,15H2,1H3/p+1. The average Bonchev–Trinajstić information content (AvgIpc) is 2.68. The van der Waals surface area contributed by atoms with Gasteiger partial charge in [-0.05, 0) is 35.3 Å². The summed E-state index contributed by atoms with van der Waals surface area (Å²) in [6.45, 7) is 4.74. The smallest absolute Gasteiger partial charge is 0.336 e.